The van der Waals surface area contributed by atoms with Crippen LogP contribution in [0.4, 0.5) is 0 Å². The Balaban J connectivity index is 2.19. The summed E-state index contributed by atoms with van der Waals surface area (Å²) in [6.07, 6.45) is 3.77. The zero-order chi connectivity index (χ0) is 14.5. The summed E-state index contributed by atoms with van der Waals surface area (Å²) in [6, 6.07) is 5.89. The Morgan fingerprint density at radius 2 is 2.10 bits per heavy atom. The van der Waals surface area contributed by atoms with Crippen molar-refractivity contribution in [2.24, 2.45) is 7.05 Å². The Hall–Kier alpha value is -1.10. The fraction of sp³-hybridized carbons (Fsp3) is 0.429. The number of nitrogens with one attached hydrogen (secondary N) is 1. The molecule has 0 fully saturated rings. The molecular formula is C14H18Cl2N4. The summed E-state index contributed by atoms with van der Waals surface area (Å²) in [5.74, 6) is 0. The Morgan fingerprint density at radius 3 is 2.70 bits per heavy atom. The third-order valence-corrected chi connectivity index (χ3v) is 3.79. The van der Waals surface area contributed by atoms with E-state index in [2.05, 4.69) is 22.6 Å². The second kappa shape index (κ2) is 7.07. The monoisotopic (exact) mass is 312 g/mol. The first-order chi connectivity index (χ1) is 9.60. The van der Waals surface area contributed by atoms with Crippen molar-refractivity contribution in [2.75, 3.05) is 6.54 Å². The van der Waals surface area contributed by atoms with Gasteiger partial charge < -0.3 is 5.32 Å². The molecule has 2 rings (SSSR count). The lowest BCUT2D eigenvalue weighted by Gasteiger charge is -2.18. The van der Waals surface area contributed by atoms with Crippen molar-refractivity contribution in [1.82, 2.24) is 20.3 Å². The summed E-state index contributed by atoms with van der Waals surface area (Å²) in [5, 5.41) is 12.8. The minimum Gasteiger partial charge on any atom is -0.310 e. The molecule has 4 nitrogen and oxygen atoms in total. The molecule has 0 saturated heterocycles. The van der Waals surface area contributed by atoms with Gasteiger partial charge in [0.15, 0.2) is 0 Å². The zero-order valence-corrected chi connectivity index (χ0v) is 13.1. The summed E-state index contributed by atoms with van der Waals surface area (Å²) in [5.41, 5.74) is 2.06. The van der Waals surface area contributed by atoms with Gasteiger partial charge in [-0.1, -0.05) is 41.4 Å². The molecule has 0 spiro atoms. The van der Waals surface area contributed by atoms with E-state index in [9.17, 15) is 0 Å². The molecule has 6 heteroatoms. The lowest BCUT2D eigenvalue weighted by atomic mass is 10.0. The maximum absolute atomic E-state index is 6.11. The molecule has 1 unspecified atom stereocenters. The Labute approximate surface area is 129 Å². The molecule has 20 heavy (non-hydrogen) atoms. The molecule has 0 aliphatic carbocycles. The van der Waals surface area contributed by atoms with Crippen LogP contribution in [-0.2, 0) is 13.5 Å². The first kappa shape index (κ1) is 15.3. The summed E-state index contributed by atoms with van der Waals surface area (Å²) < 4.78 is 1.71. The second-order valence-electron chi connectivity index (χ2n) is 4.77. The van der Waals surface area contributed by atoms with Crippen molar-refractivity contribution in [3.8, 4) is 0 Å². The largest absolute Gasteiger partial charge is 0.310 e. The van der Waals surface area contributed by atoms with Crippen molar-refractivity contribution < 1.29 is 0 Å². The van der Waals surface area contributed by atoms with Gasteiger partial charge >= 0.3 is 0 Å². The number of halogens is 2. The fourth-order valence-electron chi connectivity index (χ4n) is 2.05. The van der Waals surface area contributed by atoms with E-state index < -0.39 is 0 Å². The Morgan fingerprint density at radius 1 is 1.30 bits per heavy atom. The van der Waals surface area contributed by atoms with E-state index in [1.165, 1.54) is 0 Å². The van der Waals surface area contributed by atoms with Crippen molar-refractivity contribution in [3.05, 3.63) is 45.7 Å². The summed E-state index contributed by atoms with van der Waals surface area (Å²) in [6.45, 7) is 3.08. The van der Waals surface area contributed by atoms with Crippen LogP contribution in [0.1, 0.15) is 30.6 Å². The topological polar surface area (TPSA) is 42.7 Å². The number of hydrogen-bond acceptors (Lipinski definition) is 3. The van der Waals surface area contributed by atoms with Crippen molar-refractivity contribution in [1.29, 1.82) is 0 Å². The molecule has 1 heterocycles. The molecule has 1 atom stereocenters. The molecule has 1 N–H and O–H groups in total. The van der Waals surface area contributed by atoms with Crippen molar-refractivity contribution in [2.45, 2.75) is 25.8 Å². The van der Waals surface area contributed by atoms with E-state index in [-0.39, 0.29) is 6.04 Å². The van der Waals surface area contributed by atoms with Gasteiger partial charge in [-0.2, -0.15) is 0 Å². The lowest BCUT2D eigenvalue weighted by Crippen LogP contribution is -2.24. The molecule has 108 valence electrons. The van der Waals surface area contributed by atoms with Gasteiger partial charge in [-0.15, -0.1) is 5.10 Å². The first-order valence-electron chi connectivity index (χ1n) is 6.63. The zero-order valence-electron chi connectivity index (χ0n) is 11.6. The third kappa shape index (κ3) is 3.95. The van der Waals surface area contributed by atoms with E-state index >= 15 is 0 Å². The van der Waals surface area contributed by atoms with Crippen molar-refractivity contribution >= 4 is 23.2 Å². The molecule has 1 aromatic carbocycles. The van der Waals surface area contributed by atoms with Crippen LogP contribution in [0, 0.1) is 0 Å². The minimum atomic E-state index is 0.154. The highest BCUT2D eigenvalue weighted by atomic mass is 35.5. The van der Waals surface area contributed by atoms with Crippen LogP contribution in [0.25, 0.3) is 0 Å². The summed E-state index contributed by atoms with van der Waals surface area (Å²) in [4.78, 5) is 0. The smallest absolute Gasteiger partial charge is 0.0845 e. The van der Waals surface area contributed by atoms with Gasteiger partial charge in [-0.05, 0) is 30.7 Å². The molecule has 0 aliphatic rings. The van der Waals surface area contributed by atoms with Crippen LogP contribution in [0.3, 0.4) is 0 Å². The molecule has 0 bridgehead atoms. The summed E-state index contributed by atoms with van der Waals surface area (Å²) >= 11 is 12.1. The van der Waals surface area contributed by atoms with Crippen LogP contribution < -0.4 is 5.32 Å². The quantitative estimate of drug-likeness (QED) is 0.889. The molecule has 0 radical (unpaired) electrons. The second-order valence-corrected chi connectivity index (χ2v) is 5.58. The van der Waals surface area contributed by atoms with E-state index in [1.54, 1.807) is 4.68 Å². The van der Waals surface area contributed by atoms with E-state index in [0.29, 0.717) is 10.0 Å². The fourth-order valence-corrected chi connectivity index (χ4v) is 2.36. The van der Waals surface area contributed by atoms with Gasteiger partial charge in [-0.25, -0.2) is 0 Å². The highest BCUT2D eigenvalue weighted by Gasteiger charge is 2.14. The Bertz CT molecular complexity index is 568. The summed E-state index contributed by atoms with van der Waals surface area (Å²) in [7, 11) is 1.87. The predicted molar refractivity (Wildman–Crippen MR) is 82.2 cm³/mol. The maximum atomic E-state index is 6.11. The number of benzene rings is 1. The van der Waals surface area contributed by atoms with Gasteiger partial charge in [0.25, 0.3) is 0 Å². The van der Waals surface area contributed by atoms with E-state index in [1.807, 2.05) is 31.4 Å². The highest BCUT2D eigenvalue weighted by Crippen LogP contribution is 2.27. The number of aromatic nitrogens is 3. The van der Waals surface area contributed by atoms with Crippen LogP contribution in [0.15, 0.2) is 24.4 Å². The van der Waals surface area contributed by atoms with Gasteiger partial charge in [0.1, 0.15) is 0 Å². The number of nitrogens with zero attached hydrogens (tertiary/aromatic N) is 3. The highest BCUT2D eigenvalue weighted by molar-refractivity contribution is 6.42. The van der Waals surface area contributed by atoms with Gasteiger partial charge in [0.05, 0.1) is 15.7 Å². The predicted octanol–water partition coefficient (Wildman–Crippen LogP) is 3.41. The lowest BCUT2D eigenvalue weighted by molar-refractivity contribution is 0.524. The standard InChI is InChI=1S/C14H18Cl2N4/c1-3-6-17-14(8-11-9-20(2)19-18-11)10-4-5-12(15)13(16)7-10/h4-5,7,9,14,17H,3,6,8H2,1-2H3. The maximum Gasteiger partial charge on any atom is 0.0845 e. The van der Waals surface area contributed by atoms with Gasteiger partial charge in [0, 0.05) is 25.7 Å². The molecular weight excluding hydrogens is 295 g/mol. The number of aryl methyl sites for hydroxylation is 1. The normalized spacial score (nSPS) is 12.6. The third-order valence-electron chi connectivity index (χ3n) is 3.05. The van der Waals surface area contributed by atoms with E-state index in [4.69, 9.17) is 23.2 Å². The van der Waals surface area contributed by atoms with E-state index in [0.717, 1.165) is 30.6 Å². The molecule has 0 saturated carbocycles. The van der Waals surface area contributed by atoms with Crippen molar-refractivity contribution in [3.63, 3.8) is 0 Å². The van der Waals surface area contributed by atoms with Crippen LogP contribution in [0.5, 0.6) is 0 Å². The van der Waals surface area contributed by atoms with Crippen LogP contribution in [0.2, 0.25) is 10.0 Å². The average Bonchev–Trinajstić information content (AvgIpc) is 2.83. The molecule has 2 aromatic rings. The first-order valence-corrected chi connectivity index (χ1v) is 7.39. The molecule has 0 amide bonds. The SMILES string of the molecule is CCCNC(Cc1cn(C)nn1)c1ccc(Cl)c(Cl)c1. The molecule has 0 aliphatic heterocycles. The van der Waals surface area contributed by atoms with Crippen LogP contribution >= 0.6 is 23.2 Å². The van der Waals surface area contributed by atoms with Crippen LogP contribution in [-0.4, -0.2) is 21.5 Å². The van der Waals surface area contributed by atoms with Gasteiger partial charge in [-0.3, -0.25) is 4.68 Å². The number of hydrogen-bond donors (Lipinski definition) is 1. The number of rotatable bonds is 6. The molecule has 1 aromatic heterocycles. The van der Waals surface area contributed by atoms with Gasteiger partial charge in [0.2, 0.25) is 0 Å². The Kier molecular flexibility index (Phi) is 5.40. The minimum absolute atomic E-state index is 0.154. The average molecular weight is 313 g/mol.